The van der Waals surface area contributed by atoms with Crippen molar-refractivity contribution in [3.63, 3.8) is 0 Å². The van der Waals surface area contributed by atoms with Gasteiger partial charge in [0, 0.05) is 16.6 Å². The summed E-state index contributed by atoms with van der Waals surface area (Å²) in [6, 6.07) is 16.9. The summed E-state index contributed by atoms with van der Waals surface area (Å²) < 4.78 is 5.88. The van der Waals surface area contributed by atoms with E-state index in [1.807, 2.05) is 30.3 Å². The zero-order chi connectivity index (χ0) is 14.7. The molecular weight excluding hydrogens is 286 g/mol. The molecule has 1 aliphatic rings. The highest BCUT2D eigenvalue weighted by Crippen LogP contribution is 2.26. The SMILES string of the molecule is O=C(NC1CC1)C(Oc1cccc(Cl)c1)c1ccccc1. The van der Waals surface area contributed by atoms with Crippen molar-refractivity contribution in [2.75, 3.05) is 0 Å². The summed E-state index contributed by atoms with van der Waals surface area (Å²) in [6.45, 7) is 0. The number of amides is 1. The largest absolute Gasteiger partial charge is 0.476 e. The molecule has 1 atom stereocenters. The van der Waals surface area contributed by atoms with Gasteiger partial charge in [0.2, 0.25) is 6.10 Å². The van der Waals surface area contributed by atoms with Crippen molar-refractivity contribution >= 4 is 17.5 Å². The maximum atomic E-state index is 12.4. The minimum Gasteiger partial charge on any atom is -0.476 e. The monoisotopic (exact) mass is 301 g/mol. The molecule has 0 heterocycles. The van der Waals surface area contributed by atoms with E-state index in [-0.39, 0.29) is 5.91 Å². The maximum absolute atomic E-state index is 12.4. The molecular formula is C17H16ClNO2. The number of rotatable bonds is 5. The molecule has 0 radical (unpaired) electrons. The number of nitrogens with one attached hydrogen (secondary N) is 1. The molecule has 0 aliphatic heterocycles. The van der Waals surface area contributed by atoms with E-state index < -0.39 is 6.10 Å². The summed E-state index contributed by atoms with van der Waals surface area (Å²) in [6.07, 6.45) is 1.43. The van der Waals surface area contributed by atoms with E-state index in [1.54, 1.807) is 24.3 Å². The number of hydrogen-bond donors (Lipinski definition) is 1. The van der Waals surface area contributed by atoms with E-state index in [1.165, 1.54) is 0 Å². The van der Waals surface area contributed by atoms with Crippen molar-refractivity contribution in [3.05, 3.63) is 65.2 Å². The number of ether oxygens (including phenoxy) is 1. The van der Waals surface area contributed by atoms with Gasteiger partial charge in [-0.3, -0.25) is 4.79 Å². The Labute approximate surface area is 128 Å². The Hall–Kier alpha value is -2.00. The first-order valence-electron chi connectivity index (χ1n) is 7.00. The van der Waals surface area contributed by atoms with Crippen LogP contribution in [-0.2, 0) is 4.79 Å². The zero-order valence-corrected chi connectivity index (χ0v) is 12.2. The van der Waals surface area contributed by atoms with E-state index in [2.05, 4.69) is 5.32 Å². The Morgan fingerprint density at radius 1 is 1.14 bits per heavy atom. The van der Waals surface area contributed by atoms with Crippen molar-refractivity contribution in [3.8, 4) is 5.75 Å². The van der Waals surface area contributed by atoms with Gasteiger partial charge in [-0.15, -0.1) is 0 Å². The normalized spacial score (nSPS) is 15.3. The summed E-state index contributed by atoms with van der Waals surface area (Å²) in [7, 11) is 0. The first-order chi connectivity index (χ1) is 10.2. The Balaban J connectivity index is 1.82. The molecule has 1 saturated carbocycles. The van der Waals surface area contributed by atoms with Crippen LogP contribution >= 0.6 is 11.6 Å². The summed E-state index contributed by atoms with van der Waals surface area (Å²) in [5.74, 6) is 0.478. The van der Waals surface area contributed by atoms with Crippen LogP contribution in [0.25, 0.3) is 0 Å². The molecule has 1 amide bonds. The molecule has 0 bridgehead atoms. The van der Waals surface area contributed by atoms with E-state index >= 15 is 0 Å². The first-order valence-corrected chi connectivity index (χ1v) is 7.38. The molecule has 1 aliphatic carbocycles. The molecule has 0 spiro atoms. The van der Waals surface area contributed by atoms with E-state index in [4.69, 9.17) is 16.3 Å². The van der Waals surface area contributed by atoms with Gasteiger partial charge in [-0.1, -0.05) is 48.0 Å². The van der Waals surface area contributed by atoms with E-state index in [0.717, 1.165) is 18.4 Å². The van der Waals surface area contributed by atoms with Crippen LogP contribution in [0.5, 0.6) is 5.75 Å². The summed E-state index contributed by atoms with van der Waals surface area (Å²) in [5, 5.41) is 3.58. The standard InChI is InChI=1S/C17H16ClNO2/c18-13-7-4-8-15(11-13)21-16(12-5-2-1-3-6-12)17(20)19-14-9-10-14/h1-8,11,14,16H,9-10H2,(H,19,20). The van der Waals surface area contributed by atoms with Crippen LogP contribution in [0.15, 0.2) is 54.6 Å². The average Bonchev–Trinajstić information content (AvgIpc) is 3.29. The third-order valence-electron chi connectivity index (χ3n) is 3.31. The van der Waals surface area contributed by atoms with Gasteiger partial charge in [-0.25, -0.2) is 0 Å². The number of halogens is 1. The molecule has 2 aromatic carbocycles. The number of carbonyl (C=O) groups excluding carboxylic acids is 1. The lowest BCUT2D eigenvalue weighted by molar-refractivity contribution is -0.128. The first kappa shape index (κ1) is 14.0. The maximum Gasteiger partial charge on any atom is 0.266 e. The molecule has 1 fully saturated rings. The van der Waals surface area contributed by atoms with Crippen molar-refractivity contribution < 1.29 is 9.53 Å². The van der Waals surface area contributed by atoms with Crippen LogP contribution in [0.2, 0.25) is 5.02 Å². The van der Waals surface area contributed by atoms with Crippen LogP contribution in [0, 0.1) is 0 Å². The van der Waals surface area contributed by atoms with Gasteiger partial charge in [-0.2, -0.15) is 0 Å². The van der Waals surface area contributed by atoms with Gasteiger partial charge in [-0.05, 0) is 31.0 Å². The molecule has 4 heteroatoms. The molecule has 1 N–H and O–H groups in total. The zero-order valence-electron chi connectivity index (χ0n) is 11.5. The highest BCUT2D eigenvalue weighted by atomic mass is 35.5. The smallest absolute Gasteiger partial charge is 0.266 e. The molecule has 108 valence electrons. The highest BCUT2D eigenvalue weighted by molar-refractivity contribution is 6.30. The summed E-state index contributed by atoms with van der Waals surface area (Å²) in [4.78, 5) is 12.4. The number of carbonyl (C=O) groups is 1. The van der Waals surface area contributed by atoms with Crippen molar-refractivity contribution in [1.82, 2.24) is 5.32 Å². The third-order valence-corrected chi connectivity index (χ3v) is 3.55. The second-order valence-corrected chi connectivity index (χ2v) is 5.59. The fraction of sp³-hybridized carbons (Fsp3) is 0.235. The molecule has 0 aromatic heterocycles. The van der Waals surface area contributed by atoms with E-state index in [0.29, 0.717) is 16.8 Å². The summed E-state index contributed by atoms with van der Waals surface area (Å²) in [5.41, 5.74) is 0.829. The number of hydrogen-bond acceptors (Lipinski definition) is 2. The predicted molar refractivity (Wildman–Crippen MR) is 82.4 cm³/mol. The summed E-state index contributed by atoms with van der Waals surface area (Å²) >= 11 is 5.97. The Kier molecular flexibility index (Phi) is 4.11. The van der Waals surface area contributed by atoms with Crippen LogP contribution in [0.1, 0.15) is 24.5 Å². The Morgan fingerprint density at radius 2 is 1.90 bits per heavy atom. The van der Waals surface area contributed by atoms with Gasteiger partial charge >= 0.3 is 0 Å². The fourth-order valence-corrected chi connectivity index (χ4v) is 2.26. The molecule has 2 aromatic rings. The fourth-order valence-electron chi connectivity index (χ4n) is 2.08. The van der Waals surface area contributed by atoms with Crippen molar-refractivity contribution in [2.45, 2.75) is 25.0 Å². The van der Waals surface area contributed by atoms with Crippen molar-refractivity contribution in [1.29, 1.82) is 0 Å². The predicted octanol–water partition coefficient (Wildman–Crippen LogP) is 3.74. The minimum atomic E-state index is -0.662. The van der Waals surface area contributed by atoms with Gasteiger partial charge in [0.1, 0.15) is 5.75 Å². The lowest BCUT2D eigenvalue weighted by atomic mass is 10.1. The van der Waals surface area contributed by atoms with Crippen LogP contribution in [-0.4, -0.2) is 11.9 Å². The lowest BCUT2D eigenvalue weighted by Crippen LogP contribution is -2.33. The second-order valence-electron chi connectivity index (χ2n) is 5.15. The second kappa shape index (κ2) is 6.19. The quantitative estimate of drug-likeness (QED) is 0.913. The van der Waals surface area contributed by atoms with Gasteiger partial charge < -0.3 is 10.1 Å². The molecule has 0 saturated heterocycles. The van der Waals surface area contributed by atoms with Crippen molar-refractivity contribution in [2.24, 2.45) is 0 Å². The average molecular weight is 302 g/mol. The van der Waals surface area contributed by atoms with Crippen LogP contribution < -0.4 is 10.1 Å². The van der Waals surface area contributed by atoms with Gasteiger partial charge in [0.25, 0.3) is 5.91 Å². The topological polar surface area (TPSA) is 38.3 Å². The lowest BCUT2D eigenvalue weighted by Gasteiger charge is -2.19. The Bertz CT molecular complexity index is 626. The Morgan fingerprint density at radius 3 is 2.57 bits per heavy atom. The minimum absolute atomic E-state index is 0.108. The van der Waals surface area contributed by atoms with Crippen LogP contribution in [0.3, 0.4) is 0 Å². The number of benzene rings is 2. The van der Waals surface area contributed by atoms with Gasteiger partial charge in [0.15, 0.2) is 0 Å². The van der Waals surface area contributed by atoms with Crippen LogP contribution in [0.4, 0.5) is 0 Å². The van der Waals surface area contributed by atoms with Gasteiger partial charge in [0.05, 0.1) is 0 Å². The molecule has 3 rings (SSSR count). The third kappa shape index (κ3) is 3.76. The molecule has 3 nitrogen and oxygen atoms in total. The van der Waals surface area contributed by atoms with E-state index in [9.17, 15) is 4.79 Å². The molecule has 21 heavy (non-hydrogen) atoms. The highest BCUT2D eigenvalue weighted by Gasteiger charge is 2.29. The molecule has 1 unspecified atom stereocenters.